The van der Waals surface area contributed by atoms with Crippen LogP contribution in [0.2, 0.25) is 0 Å². The summed E-state index contributed by atoms with van der Waals surface area (Å²) in [6, 6.07) is 10.0. The van der Waals surface area contributed by atoms with Gasteiger partial charge in [0.15, 0.2) is 0 Å². The van der Waals surface area contributed by atoms with E-state index in [1.54, 1.807) is 16.0 Å². The molecule has 2 fully saturated rings. The quantitative estimate of drug-likeness (QED) is 0.602. The van der Waals surface area contributed by atoms with Gasteiger partial charge in [-0.1, -0.05) is 29.8 Å². The van der Waals surface area contributed by atoms with Gasteiger partial charge < -0.3 is 10.2 Å². The summed E-state index contributed by atoms with van der Waals surface area (Å²) in [7, 11) is 0. The Morgan fingerprint density at radius 2 is 2.03 bits per heavy atom. The normalized spacial score (nSPS) is 21.2. The van der Waals surface area contributed by atoms with Gasteiger partial charge >= 0.3 is 0 Å². The van der Waals surface area contributed by atoms with Crippen molar-refractivity contribution in [3.63, 3.8) is 0 Å². The molecule has 2 aromatic heterocycles. The van der Waals surface area contributed by atoms with Crippen molar-refractivity contribution < 1.29 is 9.59 Å². The first kappa shape index (κ1) is 21.8. The minimum Gasteiger partial charge on any atom is -0.349 e. The van der Waals surface area contributed by atoms with Gasteiger partial charge in [0.25, 0.3) is 11.8 Å². The Labute approximate surface area is 197 Å². The number of carbonyl (C=O) groups excluding carboxylic acids is 2. The van der Waals surface area contributed by atoms with E-state index in [2.05, 4.69) is 34.5 Å². The van der Waals surface area contributed by atoms with Crippen molar-refractivity contribution in [2.75, 3.05) is 13.1 Å². The zero-order chi connectivity index (χ0) is 23.3. The van der Waals surface area contributed by atoms with Crippen LogP contribution in [0, 0.1) is 32.6 Å². The summed E-state index contributed by atoms with van der Waals surface area (Å²) in [5.74, 6) is 0.811. The Morgan fingerprint density at radius 3 is 2.79 bits per heavy atom. The number of nitrogens with zero attached hydrogens (tertiary/aromatic N) is 4. The first-order chi connectivity index (χ1) is 15.9. The fraction of sp³-hybridized carbons (Fsp3) is 0.440. The molecule has 3 atom stereocenters. The van der Waals surface area contributed by atoms with Crippen LogP contribution in [0.1, 0.15) is 50.6 Å². The van der Waals surface area contributed by atoms with Crippen LogP contribution in [0.3, 0.4) is 0 Å². The molecule has 3 aromatic rings. The number of hydrogen-bond donors (Lipinski definition) is 1. The molecule has 1 saturated carbocycles. The van der Waals surface area contributed by atoms with Gasteiger partial charge in [0.05, 0.1) is 21.6 Å². The van der Waals surface area contributed by atoms with Crippen molar-refractivity contribution in [2.45, 2.75) is 46.7 Å². The molecule has 1 saturated heterocycles. The number of carbonyl (C=O) groups is 2. The monoisotopic (exact) mass is 463 g/mol. The van der Waals surface area contributed by atoms with E-state index in [-0.39, 0.29) is 17.9 Å². The molecule has 0 spiro atoms. The number of aryl methyl sites for hydroxylation is 4. The molecule has 0 unspecified atom stereocenters. The van der Waals surface area contributed by atoms with Crippen molar-refractivity contribution in [2.24, 2.45) is 11.8 Å². The molecule has 3 heterocycles. The maximum Gasteiger partial charge on any atom is 0.274 e. The number of piperidine rings is 1. The molecule has 1 aliphatic carbocycles. The second-order valence-corrected chi connectivity index (χ2v) is 10.4. The second-order valence-electron chi connectivity index (χ2n) is 9.16. The maximum atomic E-state index is 13.7. The number of likely N-dealkylation sites (tertiary alicyclic amines) is 1. The van der Waals surface area contributed by atoms with Crippen LogP contribution in [0.15, 0.2) is 30.3 Å². The van der Waals surface area contributed by atoms with Crippen LogP contribution in [0.25, 0.3) is 10.4 Å². The third-order valence-corrected chi connectivity index (χ3v) is 7.71. The van der Waals surface area contributed by atoms with Crippen LogP contribution in [-0.2, 0) is 6.54 Å². The smallest absolute Gasteiger partial charge is 0.274 e. The summed E-state index contributed by atoms with van der Waals surface area (Å²) in [5.41, 5.74) is 4.10. The molecule has 7 nitrogen and oxygen atoms in total. The van der Waals surface area contributed by atoms with E-state index in [9.17, 15) is 9.59 Å². The largest absolute Gasteiger partial charge is 0.349 e. The number of benzene rings is 1. The number of rotatable bonds is 6. The van der Waals surface area contributed by atoms with E-state index in [4.69, 9.17) is 0 Å². The maximum absolute atomic E-state index is 13.7. The first-order valence-corrected chi connectivity index (χ1v) is 12.4. The number of nitrogens with one attached hydrogen (secondary N) is 1. The Bertz CT molecular complexity index is 1230. The van der Waals surface area contributed by atoms with Crippen molar-refractivity contribution in [1.82, 2.24) is 25.0 Å². The molecular formula is C25H29N5O2S. The molecule has 0 radical (unpaired) electrons. The lowest BCUT2D eigenvalue weighted by atomic mass is 10.1. The summed E-state index contributed by atoms with van der Waals surface area (Å²) in [6.45, 7) is 9.67. The third-order valence-electron chi connectivity index (χ3n) is 6.69. The van der Waals surface area contributed by atoms with Gasteiger partial charge in [0, 0.05) is 19.6 Å². The minimum atomic E-state index is -0.140. The average Bonchev–Trinajstić information content (AvgIpc) is 3.11. The molecular weight excluding hydrogens is 434 g/mol. The summed E-state index contributed by atoms with van der Waals surface area (Å²) in [5, 5.41) is 8.32. The molecule has 0 bridgehead atoms. The lowest BCUT2D eigenvalue weighted by Gasteiger charge is -2.27. The number of amides is 2. The molecule has 1 aromatic carbocycles. The topological polar surface area (TPSA) is 80.1 Å². The number of hydrogen-bond acceptors (Lipinski definition) is 5. The van der Waals surface area contributed by atoms with Crippen LogP contribution in [0.4, 0.5) is 0 Å². The standard InChI is InChI=1S/C25H29N5O2S/c1-5-30-20(10-15(3)28-30)24(31)26-12-21-19-11-18(19)13-29(21)25(32)22-23(33-16(4)27-22)17-8-6-7-14(2)9-17/h6-10,18-19,21H,5,11-13H2,1-4H3,(H,26,31)/t18-,19-,21+/m0/s1. The number of aromatic nitrogens is 3. The highest BCUT2D eigenvalue weighted by atomic mass is 32.1. The zero-order valence-electron chi connectivity index (χ0n) is 19.5. The van der Waals surface area contributed by atoms with Crippen LogP contribution < -0.4 is 5.32 Å². The lowest BCUT2D eigenvalue weighted by molar-refractivity contribution is 0.0690. The Morgan fingerprint density at radius 1 is 1.21 bits per heavy atom. The van der Waals surface area contributed by atoms with Crippen molar-refractivity contribution in [3.8, 4) is 10.4 Å². The summed E-state index contributed by atoms with van der Waals surface area (Å²) < 4.78 is 1.72. The third kappa shape index (κ3) is 4.08. The molecule has 8 heteroatoms. The highest BCUT2D eigenvalue weighted by Gasteiger charge is 2.54. The van der Waals surface area contributed by atoms with E-state index in [0.29, 0.717) is 36.3 Å². The predicted molar refractivity (Wildman–Crippen MR) is 128 cm³/mol. The lowest BCUT2D eigenvalue weighted by Crippen LogP contribution is -2.46. The van der Waals surface area contributed by atoms with Crippen LogP contribution in [0.5, 0.6) is 0 Å². The molecule has 1 aliphatic heterocycles. The van der Waals surface area contributed by atoms with Crippen LogP contribution >= 0.6 is 11.3 Å². The average molecular weight is 464 g/mol. The highest BCUT2D eigenvalue weighted by molar-refractivity contribution is 7.15. The van der Waals surface area contributed by atoms with Crippen molar-refractivity contribution in [3.05, 3.63) is 58.0 Å². The van der Waals surface area contributed by atoms with Crippen molar-refractivity contribution in [1.29, 1.82) is 0 Å². The molecule has 2 amide bonds. The van der Waals surface area contributed by atoms with Crippen molar-refractivity contribution >= 4 is 23.2 Å². The molecule has 2 aliphatic rings. The van der Waals surface area contributed by atoms with Gasteiger partial charge in [-0.25, -0.2) is 4.98 Å². The first-order valence-electron chi connectivity index (χ1n) is 11.5. The zero-order valence-corrected chi connectivity index (χ0v) is 20.3. The molecule has 33 heavy (non-hydrogen) atoms. The van der Waals surface area contributed by atoms with Gasteiger partial charge in [-0.05, 0) is 57.6 Å². The van der Waals surface area contributed by atoms with E-state index in [0.717, 1.165) is 39.7 Å². The Kier molecular flexibility index (Phi) is 5.56. The van der Waals surface area contributed by atoms with Gasteiger partial charge in [-0.15, -0.1) is 11.3 Å². The Balaban J connectivity index is 1.36. The van der Waals surface area contributed by atoms with Gasteiger partial charge in [-0.3, -0.25) is 14.3 Å². The number of fused-ring (bicyclic) bond motifs is 1. The van der Waals surface area contributed by atoms with Gasteiger partial charge in [0.1, 0.15) is 11.4 Å². The van der Waals surface area contributed by atoms with Gasteiger partial charge in [-0.2, -0.15) is 5.10 Å². The van der Waals surface area contributed by atoms with E-state index >= 15 is 0 Å². The summed E-state index contributed by atoms with van der Waals surface area (Å²) in [4.78, 5) is 34.0. The molecule has 1 N–H and O–H groups in total. The highest BCUT2D eigenvalue weighted by Crippen LogP contribution is 2.50. The molecule has 172 valence electrons. The Hall–Kier alpha value is -3.00. The fourth-order valence-corrected chi connectivity index (χ4v) is 5.92. The summed E-state index contributed by atoms with van der Waals surface area (Å²) >= 11 is 1.56. The van der Waals surface area contributed by atoms with E-state index < -0.39 is 0 Å². The minimum absolute atomic E-state index is 0.00193. The summed E-state index contributed by atoms with van der Waals surface area (Å²) in [6.07, 6.45) is 1.12. The van der Waals surface area contributed by atoms with E-state index in [1.165, 1.54) is 0 Å². The second kappa shape index (κ2) is 8.41. The SMILES string of the molecule is CCn1nc(C)cc1C(=O)NC[C@@H]1[C@H]2C[C@H]2CN1C(=O)c1nc(C)sc1-c1cccc(C)c1. The fourth-order valence-electron chi connectivity index (χ4n) is 5.01. The molecule has 5 rings (SSSR count). The number of thiazole rings is 1. The van der Waals surface area contributed by atoms with E-state index in [1.807, 2.05) is 43.9 Å². The van der Waals surface area contributed by atoms with Gasteiger partial charge in [0.2, 0.25) is 0 Å². The predicted octanol–water partition coefficient (Wildman–Crippen LogP) is 3.84. The van der Waals surface area contributed by atoms with Crippen LogP contribution in [-0.4, -0.2) is 50.6 Å².